The molecule has 2 rings (SSSR count). The summed E-state index contributed by atoms with van der Waals surface area (Å²) in [7, 11) is 0. The molecule has 0 saturated heterocycles. The summed E-state index contributed by atoms with van der Waals surface area (Å²) < 4.78 is 2.40. The fraction of sp³-hybridized carbons (Fsp3) is 0.167. The molecule has 2 aromatic rings. The summed E-state index contributed by atoms with van der Waals surface area (Å²) in [6.07, 6.45) is 0.899. The van der Waals surface area contributed by atoms with Crippen LogP contribution in [0.2, 0.25) is 0 Å². The van der Waals surface area contributed by atoms with E-state index in [1.807, 2.05) is 12.1 Å². The van der Waals surface area contributed by atoms with Crippen LogP contribution in [0, 0.1) is 3.57 Å². The van der Waals surface area contributed by atoms with Crippen molar-refractivity contribution in [2.75, 3.05) is 0 Å². The molecule has 0 fully saturated rings. The van der Waals surface area contributed by atoms with Gasteiger partial charge in [0.25, 0.3) is 0 Å². The maximum Gasteiger partial charge on any atom is 0.0701 e. The number of nitrogens with two attached hydrogens (primary N) is 1. The Morgan fingerprint density at radius 1 is 1.25 bits per heavy atom. The van der Waals surface area contributed by atoms with E-state index in [0.29, 0.717) is 0 Å². The monoisotopic (exact) mass is 407 g/mol. The van der Waals surface area contributed by atoms with E-state index in [4.69, 9.17) is 5.73 Å². The maximum atomic E-state index is 6.22. The van der Waals surface area contributed by atoms with Crippen LogP contribution >= 0.6 is 49.9 Å². The first-order valence-electron chi connectivity index (χ1n) is 4.91. The standard InChI is InChI=1S/C12H11BrINS/c13-12-6-5-8(16-12)7-11(15)9-3-1-2-4-10(9)14/h1-6,11H,7,15H2. The molecule has 1 aromatic carbocycles. The third-order valence-corrected chi connectivity index (χ3v) is 4.98. The van der Waals surface area contributed by atoms with Crippen molar-refractivity contribution in [1.82, 2.24) is 0 Å². The van der Waals surface area contributed by atoms with E-state index in [-0.39, 0.29) is 6.04 Å². The van der Waals surface area contributed by atoms with Crippen molar-refractivity contribution in [2.24, 2.45) is 5.73 Å². The molecular weight excluding hydrogens is 397 g/mol. The zero-order valence-corrected chi connectivity index (χ0v) is 13.1. The van der Waals surface area contributed by atoms with Crippen LogP contribution in [0.25, 0.3) is 0 Å². The van der Waals surface area contributed by atoms with Gasteiger partial charge < -0.3 is 5.73 Å². The van der Waals surface area contributed by atoms with E-state index in [1.54, 1.807) is 11.3 Å². The Balaban J connectivity index is 2.14. The van der Waals surface area contributed by atoms with E-state index in [2.05, 4.69) is 62.8 Å². The highest BCUT2D eigenvalue weighted by Gasteiger charge is 2.11. The molecule has 1 aromatic heterocycles. The van der Waals surface area contributed by atoms with Crippen molar-refractivity contribution in [3.63, 3.8) is 0 Å². The second-order valence-corrected chi connectivity index (χ2v) is 7.25. The van der Waals surface area contributed by atoms with Gasteiger partial charge >= 0.3 is 0 Å². The number of hydrogen-bond donors (Lipinski definition) is 1. The molecule has 0 aliphatic rings. The predicted molar refractivity (Wildman–Crippen MR) is 81.8 cm³/mol. The maximum absolute atomic E-state index is 6.22. The van der Waals surface area contributed by atoms with Crippen LogP contribution in [-0.2, 0) is 6.42 Å². The molecule has 0 spiro atoms. The zero-order chi connectivity index (χ0) is 11.5. The molecule has 2 N–H and O–H groups in total. The molecule has 16 heavy (non-hydrogen) atoms. The fourth-order valence-electron chi connectivity index (χ4n) is 1.56. The van der Waals surface area contributed by atoms with E-state index in [1.165, 1.54) is 14.0 Å². The molecule has 0 aliphatic heterocycles. The Hall–Kier alpha value is 0.0900. The summed E-state index contributed by atoms with van der Waals surface area (Å²) in [5, 5.41) is 0. The van der Waals surface area contributed by atoms with Crippen molar-refractivity contribution >= 4 is 49.9 Å². The van der Waals surface area contributed by atoms with Gasteiger partial charge in [0.2, 0.25) is 0 Å². The molecule has 0 radical (unpaired) electrons. The number of rotatable bonds is 3. The largest absolute Gasteiger partial charge is 0.324 e. The number of thiophene rings is 1. The molecule has 0 bridgehead atoms. The van der Waals surface area contributed by atoms with Crippen LogP contribution in [0.4, 0.5) is 0 Å². The summed E-state index contributed by atoms with van der Waals surface area (Å²) in [6.45, 7) is 0. The molecule has 1 atom stereocenters. The van der Waals surface area contributed by atoms with E-state index >= 15 is 0 Å². The van der Waals surface area contributed by atoms with Crippen LogP contribution in [0.15, 0.2) is 40.2 Å². The fourth-order valence-corrected chi connectivity index (χ4v) is 3.89. The van der Waals surface area contributed by atoms with E-state index in [0.717, 1.165) is 10.2 Å². The highest BCUT2D eigenvalue weighted by molar-refractivity contribution is 14.1. The lowest BCUT2D eigenvalue weighted by Crippen LogP contribution is -2.13. The van der Waals surface area contributed by atoms with Crippen molar-refractivity contribution in [1.29, 1.82) is 0 Å². The van der Waals surface area contributed by atoms with Crippen LogP contribution < -0.4 is 5.73 Å². The topological polar surface area (TPSA) is 26.0 Å². The van der Waals surface area contributed by atoms with Crippen LogP contribution in [0.1, 0.15) is 16.5 Å². The van der Waals surface area contributed by atoms with Gasteiger partial charge in [0.05, 0.1) is 3.79 Å². The predicted octanol–water partition coefficient (Wildman–Crippen LogP) is 4.36. The first-order valence-corrected chi connectivity index (χ1v) is 7.60. The highest BCUT2D eigenvalue weighted by Crippen LogP contribution is 2.27. The van der Waals surface area contributed by atoms with E-state index < -0.39 is 0 Å². The summed E-state index contributed by atoms with van der Waals surface area (Å²) in [4.78, 5) is 1.32. The number of benzene rings is 1. The second-order valence-electron chi connectivity index (χ2n) is 3.54. The van der Waals surface area contributed by atoms with Gasteiger partial charge in [-0.15, -0.1) is 11.3 Å². The number of halogens is 2. The van der Waals surface area contributed by atoms with Crippen LogP contribution in [-0.4, -0.2) is 0 Å². The molecule has 4 heteroatoms. The summed E-state index contributed by atoms with van der Waals surface area (Å²) >= 11 is 7.56. The van der Waals surface area contributed by atoms with Gasteiger partial charge in [0.15, 0.2) is 0 Å². The first kappa shape index (κ1) is 12.5. The SMILES string of the molecule is NC(Cc1ccc(Br)s1)c1ccccc1I. The molecule has 1 nitrogen and oxygen atoms in total. The molecule has 0 amide bonds. The Morgan fingerprint density at radius 3 is 2.62 bits per heavy atom. The Kier molecular flexibility index (Phi) is 4.41. The van der Waals surface area contributed by atoms with Gasteiger partial charge in [0, 0.05) is 20.9 Å². The molecule has 1 unspecified atom stereocenters. The zero-order valence-electron chi connectivity index (χ0n) is 8.49. The summed E-state index contributed by atoms with van der Waals surface area (Å²) in [5.41, 5.74) is 7.45. The second kappa shape index (κ2) is 5.62. The van der Waals surface area contributed by atoms with Gasteiger partial charge in [0.1, 0.15) is 0 Å². The van der Waals surface area contributed by atoms with Crippen LogP contribution in [0.5, 0.6) is 0 Å². The lowest BCUT2D eigenvalue weighted by atomic mass is 10.0. The Bertz CT molecular complexity index is 483. The first-order chi connectivity index (χ1) is 7.66. The average Bonchev–Trinajstić information content (AvgIpc) is 2.64. The third kappa shape index (κ3) is 3.06. The van der Waals surface area contributed by atoms with Gasteiger partial charge in [-0.05, 0) is 62.3 Å². The highest BCUT2D eigenvalue weighted by atomic mass is 127. The molecule has 0 aliphatic carbocycles. The van der Waals surface area contributed by atoms with Gasteiger partial charge in [-0.1, -0.05) is 18.2 Å². The minimum Gasteiger partial charge on any atom is -0.324 e. The summed E-state index contributed by atoms with van der Waals surface area (Å²) in [5.74, 6) is 0. The minimum atomic E-state index is 0.0821. The lowest BCUT2D eigenvalue weighted by Gasteiger charge is -2.12. The van der Waals surface area contributed by atoms with Gasteiger partial charge in [-0.25, -0.2) is 0 Å². The molecular formula is C12H11BrINS. The van der Waals surface area contributed by atoms with Crippen LogP contribution in [0.3, 0.4) is 0 Å². The van der Waals surface area contributed by atoms with Gasteiger partial charge in [-0.2, -0.15) is 0 Å². The Morgan fingerprint density at radius 2 is 2.00 bits per heavy atom. The number of hydrogen-bond acceptors (Lipinski definition) is 2. The van der Waals surface area contributed by atoms with Gasteiger partial charge in [-0.3, -0.25) is 0 Å². The third-order valence-electron chi connectivity index (χ3n) is 2.35. The lowest BCUT2D eigenvalue weighted by molar-refractivity contribution is 0.726. The van der Waals surface area contributed by atoms with E-state index in [9.17, 15) is 0 Å². The molecule has 1 heterocycles. The van der Waals surface area contributed by atoms with Crippen molar-refractivity contribution in [3.05, 3.63) is 54.2 Å². The average molecular weight is 408 g/mol. The van der Waals surface area contributed by atoms with Crippen molar-refractivity contribution < 1.29 is 0 Å². The van der Waals surface area contributed by atoms with Crippen molar-refractivity contribution in [2.45, 2.75) is 12.5 Å². The minimum absolute atomic E-state index is 0.0821. The summed E-state index contributed by atoms with van der Waals surface area (Å²) in [6, 6.07) is 12.6. The van der Waals surface area contributed by atoms with Crippen molar-refractivity contribution in [3.8, 4) is 0 Å². The quantitative estimate of drug-likeness (QED) is 0.751. The smallest absolute Gasteiger partial charge is 0.0701 e. The normalized spacial score (nSPS) is 12.7. The Labute approximate surface area is 121 Å². The molecule has 0 saturated carbocycles. The molecule has 84 valence electrons.